The zero-order chi connectivity index (χ0) is 17.4. The number of ether oxygens (including phenoxy) is 1. The summed E-state index contributed by atoms with van der Waals surface area (Å²) in [6.45, 7) is 1.05. The number of nitro benzene ring substituents is 1. The molecule has 0 saturated carbocycles. The number of benzene rings is 2. The number of carbonyl (C=O) groups is 3. The smallest absolute Gasteiger partial charge is 0.302 e. The summed E-state index contributed by atoms with van der Waals surface area (Å²) in [6.07, 6.45) is 0. The second-order valence-corrected chi connectivity index (χ2v) is 5.22. The van der Waals surface area contributed by atoms with E-state index in [2.05, 4.69) is 0 Å². The monoisotopic (exact) mass is 328 g/mol. The number of amides is 2. The highest BCUT2D eigenvalue weighted by Gasteiger charge is 2.34. The third-order valence-corrected chi connectivity index (χ3v) is 3.79. The molecule has 0 aliphatic carbocycles. The Morgan fingerprint density at radius 2 is 1.83 bits per heavy atom. The van der Waals surface area contributed by atoms with Gasteiger partial charge in [-0.25, -0.2) is 0 Å². The van der Waals surface area contributed by atoms with Gasteiger partial charge < -0.3 is 4.74 Å². The van der Waals surface area contributed by atoms with Crippen molar-refractivity contribution in [1.82, 2.24) is 4.90 Å². The van der Waals surface area contributed by atoms with Gasteiger partial charge in [-0.15, -0.1) is 0 Å². The van der Waals surface area contributed by atoms with E-state index in [1.54, 1.807) is 0 Å². The van der Waals surface area contributed by atoms with Crippen molar-refractivity contribution >= 4 is 34.2 Å². The number of hydrogen-bond donors (Lipinski definition) is 0. The first-order valence-corrected chi connectivity index (χ1v) is 7.11. The third kappa shape index (κ3) is 2.37. The summed E-state index contributed by atoms with van der Waals surface area (Å²) in [7, 11) is 0. The van der Waals surface area contributed by atoms with E-state index in [1.165, 1.54) is 37.3 Å². The molecule has 0 bridgehead atoms. The van der Waals surface area contributed by atoms with E-state index in [1.807, 2.05) is 0 Å². The van der Waals surface area contributed by atoms with Crippen LogP contribution < -0.4 is 0 Å². The quantitative estimate of drug-likeness (QED) is 0.367. The summed E-state index contributed by atoms with van der Waals surface area (Å²) in [5.41, 5.74) is 0.270. The molecule has 8 nitrogen and oxygen atoms in total. The first kappa shape index (κ1) is 15.6. The number of esters is 1. The van der Waals surface area contributed by atoms with E-state index in [-0.39, 0.29) is 40.7 Å². The van der Waals surface area contributed by atoms with E-state index >= 15 is 0 Å². The van der Waals surface area contributed by atoms with Gasteiger partial charge in [0.15, 0.2) is 0 Å². The SMILES string of the molecule is CC(=O)OCCN1C(=O)c2cccc3c([N+](=O)[O-])ccc(c23)C1=O. The van der Waals surface area contributed by atoms with Crippen LogP contribution in [-0.2, 0) is 9.53 Å². The summed E-state index contributed by atoms with van der Waals surface area (Å²) < 4.78 is 4.78. The van der Waals surface area contributed by atoms with Crippen LogP contribution in [0.15, 0.2) is 30.3 Å². The van der Waals surface area contributed by atoms with Crippen molar-refractivity contribution in [3.8, 4) is 0 Å². The molecule has 0 unspecified atom stereocenters. The van der Waals surface area contributed by atoms with Gasteiger partial charge in [-0.2, -0.15) is 0 Å². The molecule has 0 saturated heterocycles. The Hall–Kier alpha value is -3.29. The number of imide groups is 1. The largest absolute Gasteiger partial charge is 0.464 e. The highest BCUT2D eigenvalue weighted by molar-refractivity contribution is 6.26. The maximum Gasteiger partial charge on any atom is 0.302 e. The highest BCUT2D eigenvalue weighted by atomic mass is 16.6. The van der Waals surface area contributed by atoms with E-state index < -0.39 is 22.7 Å². The molecule has 1 aliphatic heterocycles. The van der Waals surface area contributed by atoms with Gasteiger partial charge in [0.1, 0.15) is 6.61 Å². The summed E-state index contributed by atoms with van der Waals surface area (Å²) in [4.78, 5) is 47.5. The van der Waals surface area contributed by atoms with Crippen molar-refractivity contribution in [2.75, 3.05) is 13.2 Å². The number of nitro groups is 1. The van der Waals surface area contributed by atoms with Crippen molar-refractivity contribution in [2.24, 2.45) is 0 Å². The maximum atomic E-state index is 12.6. The average molecular weight is 328 g/mol. The topological polar surface area (TPSA) is 107 Å². The number of hydrogen-bond acceptors (Lipinski definition) is 6. The van der Waals surface area contributed by atoms with Gasteiger partial charge in [-0.3, -0.25) is 29.4 Å². The number of nitrogens with zero attached hydrogens (tertiary/aromatic N) is 2. The summed E-state index contributed by atoms with van der Waals surface area (Å²) >= 11 is 0. The number of rotatable bonds is 4. The van der Waals surface area contributed by atoms with Crippen molar-refractivity contribution in [2.45, 2.75) is 6.92 Å². The molecule has 0 atom stereocenters. The van der Waals surface area contributed by atoms with Gasteiger partial charge in [0, 0.05) is 29.5 Å². The fraction of sp³-hybridized carbons (Fsp3) is 0.188. The van der Waals surface area contributed by atoms with Crippen LogP contribution in [0, 0.1) is 10.1 Å². The minimum atomic E-state index is -0.564. The van der Waals surface area contributed by atoms with Crippen LogP contribution in [0.3, 0.4) is 0 Å². The van der Waals surface area contributed by atoms with Crippen LogP contribution >= 0.6 is 0 Å². The lowest BCUT2D eigenvalue weighted by Crippen LogP contribution is -2.42. The molecular weight excluding hydrogens is 316 g/mol. The Labute approximate surface area is 135 Å². The van der Waals surface area contributed by atoms with E-state index in [0.29, 0.717) is 0 Å². The number of carbonyl (C=O) groups excluding carboxylic acids is 3. The van der Waals surface area contributed by atoms with Gasteiger partial charge in [-0.1, -0.05) is 6.07 Å². The van der Waals surface area contributed by atoms with Crippen molar-refractivity contribution in [3.05, 3.63) is 51.6 Å². The third-order valence-electron chi connectivity index (χ3n) is 3.79. The maximum absolute atomic E-state index is 12.6. The number of non-ortho nitro benzene ring substituents is 1. The van der Waals surface area contributed by atoms with Crippen LogP contribution in [-0.4, -0.2) is 40.8 Å². The minimum Gasteiger partial charge on any atom is -0.464 e. The van der Waals surface area contributed by atoms with Gasteiger partial charge in [0.25, 0.3) is 17.5 Å². The first-order chi connectivity index (χ1) is 11.4. The zero-order valence-corrected chi connectivity index (χ0v) is 12.6. The fourth-order valence-electron chi connectivity index (χ4n) is 2.77. The molecule has 2 amide bonds. The average Bonchev–Trinajstić information content (AvgIpc) is 2.54. The molecule has 3 rings (SSSR count). The normalized spacial score (nSPS) is 13.3. The lowest BCUT2D eigenvalue weighted by Gasteiger charge is -2.26. The molecule has 24 heavy (non-hydrogen) atoms. The molecule has 8 heteroatoms. The molecule has 0 radical (unpaired) electrons. The molecule has 0 aromatic heterocycles. The van der Waals surface area contributed by atoms with Crippen LogP contribution in [0.5, 0.6) is 0 Å². The Balaban J connectivity index is 2.09. The molecule has 1 aliphatic rings. The predicted molar refractivity (Wildman–Crippen MR) is 82.6 cm³/mol. The molecule has 0 N–H and O–H groups in total. The van der Waals surface area contributed by atoms with Crippen LogP contribution in [0.1, 0.15) is 27.6 Å². The van der Waals surface area contributed by atoms with E-state index in [4.69, 9.17) is 4.74 Å². The standard InChI is InChI=1S/C16H12N2O6/c1-9(19)24-8-7-17-15(20)11-4-2-3-10-13(18(22)23)6-5-12(14(10)11)16(17)21/h2-6H,7-8H2,1H3. The van der Waals surface area contributed by atoms with E-state index in [0.717, 1.165) is 4.90 Å². The van der Waals surface area contributed by atoms with Gasteiger partial charge in [-0.05, 0) is 18.2 Å². The summed E-state index contributed by atoms with van der Waals surface area (Å²) in [6, 6.07) is 7.15. The summed E-state index contributed by atoms with van der Waals surface area (Å²) in [5.74, 6) is -1.64. The first-order valence-electron chi connectivity index (χ1n) is 7.11. The van der Waals surface area contributed by atoms with Crippen molar-refractivity contribution in [1.29, 1.82) is 0 Å². The lowest BCUT2D eigenvalue weighted by atomic mass is 9.93. The molecular formula is C16H12N2O6. The predicted octanol–water partition coefficient (Wildman–Crippen LogP) is 1.91. The van der Waals surface area contributed by atoms with Gasteiger partial charge in [0.05, 0.1) is 16.9 Å². The molecule has 2 aromatic carbocycles. The van der Waals surface area contributed by atoms with Crippen molar-refractivity contribution < 1.29 is 24.0 Å². The molecule has 2 aromatic rings. The second-order valence-electron chi connectivity index (χ2n) is 5.22. The summed E-state index contributed by atoms with van der Waals surface area (Å²) in [5, 5.41) is 11.7. The highest BCUT2D eigenvalue weighted by Crippen LogP contribution is 2.35. The van der Waals surface area contributed by atoms with Gasteiger partial charge in [0.2, 0.25) is 0 Å². The lowest BCUT2D eigenvalue weighted by molar-refractivity contribution is -0.383. The minimum absolute atomic E-state index is 0.0793. The molecule has 122 valence electrons. The van der Waals surface area contributed by atoms with Gasteiger partial charge >= 0.3 is 5.97 Å². The Kier molecular flexibility index (Phi) is 3.72. The van der Waals surface area contributed by atoms with Crippen LogP contribution in [0.4, 0.5) is 5.69 Å². The molecule has 0 spiro atoms. The van der Waals surface area contributed by atoms with Crippen LogP contribution in [0.25, 0.3) is 10.8 Å². The Bertz CT molecular complexity index is 883. The molecule has 1 heterocycles. The van der Waals surface area contributed by atoms with Crippen LogP contribution in [0.2, 0.25) is 0 Å². The second kappa shape index (κ2) is 5.73. The molecule has 0 fully saturated rings. The Morgan fingerprint density at radius 3 is 2.46 bits per heavy atom. The fourth-order valence-corrected chi connectivity index (χ4v) is 2.77. The Morgan fingerprint density at radius 1 is 1.17 bits per heavy atom. The van der Waals surface area contributed by atoms with E-state index in [9.17, 15) is 24.5 Å². The van der Waals surface area contributed by atoms with Crippen molar-refractivity contribution in [3.63, 3.8) is 0 Å². The zero-order valence-electron chi connectivity index (χ0n) is 12.6.